The lowest BCUT2D eigenvalue weighted by Gasteiger charge is -2.31. The van der Waals surface area contributed by atoms with E-state index < -0.39 is 18.1 Å². The Hall–Kier alpha value is -2.45. The molecule has 63 heavy (non-hydrogen) atoms. The first-order valence-corrected chi connectivity index (χ1v) is 26.5. The number of hydrogen-bond donors (Lipinski definition) is 1. The fourth-order valence-electron chi connectivity index (χ4n) is 7.90. The molecule has 1 N–H and O–H groups in total. The van der Waals surface area contributed by atoms with Crippen molar-refractivity contribution in [3.8, 4) is 0 Å². The maximum Gasteiger partial charge on any atom is 0.362 e. The summed E-state index contributed by atoms with van der Waals surface area (Å²) in [5.74, 6) is -1.48. The Kier molecular flexibility index (Phi) is 44.3. The topological polar surface area (TPSA) is 99.1 Å². The van der Waals surface area contributed by atoms with Crippen LogP contribution < -0.4 is 0 Å². The van der Waals surface area contributed by atoms with Crippen molar-refractivity contribution in [3.63, 3.8) is 0 Å². The highest BCUT2D eigenvalue weighted by atomic mass is 16.6. The molecule has 0 heterocycles. The summed E-state index contributed by atoms with van der Waals surface area (Å²) < 4.78 is 17.4. The first-order valence-electron chi connectivity index (χ1n) is 26.5. The standard InChI is InChI=1S/C55H101NO7/c1-6-8-10-12-14-16-18-20-22-24-26-27-28-30-32-34-36-38-40-42-44-46-54(58)63-51(49-61-48-47-52(55(59)60)56(3,4)5)50-62-53(57)45-43-41-39-37-35-33-31-29-25-23-21-19-17-15-13-11-9-7-2/h23,25,27-29,31,51-52H,6-22,24,26,30,32-50H2,1-5H3/p+1/b25-23+,28-27+,31-29+. The van der Waals surface area contributed by atoms with Crippen molar-refractivity contribution in [1.29, 1.82) is 0 Å². The van der Waals surface area contributed by atoms with Crippen LogP contribution in [-0.4, -0.2) is 80.6 Å². The number of carbonyl (C=O) groups is 3. The summed E-state index contributed by atoms with van der Waals surface area (Å²) in [5.41, 5.74) is 0. The van der Waals surface area contributed by atoms with Crippen molar-refractivity contribution in [1.82, 2.24) is 0 Å². The molecule has 0 aliphatic heterocycles. The molecule has 0 aliphatic rings. The largest absolute Gasteiger partial charge is 0.477 e. The number of esters is 2. The molecular weight excluding hydrogens is 787 g/mol. The van der Waals surface area contributed by atoms with Gasteiger partial charge in [0.15, 0.2) is 12.1 Å². The summed E-state index contributed by atoms with van der Waals surface area (Å²) in [6.45, 7) is 4.74. The monoisotopic (exact) mass is 889 g/mol. The van der Waals surface area contributed by atoms with Gasteiger partial charge < -0.3 is 23.8 Å². The third-order valence-corrected chi connectivity index (χ3v) is 12.0. The number of likely N-dealkylation sites (N-methyl/N-ethyl adjacent to an activating group) is 1. The van der Waals surface area contributed by atoms with Gasteiger partial charge in [-0.1, -0.05) is 198 Å². The molecule has 8 nitrogen and oxygen atoms in total. The second-order valence-corrected chi connectivity index (χ2v) is 19.2. The Morgan fingerprint density at radius 3 is 1.24 bits per heavy atom. The van der Waals surface area contributed by atoms with Crippen molar-refractivity contribution < 1.29 is 38.2 Å². The van der Waals surface area contributed by atoms with E-state index in [9.17, 15) is 19.5 Å². The summed E-state index contributed by atoms with van der Waals surface area (Å²) in [6, 6.07) is -0.618. The summed E-state index contributed by atoms with van der Waals surface area (Å²) in [4.78, 5) is 37.2. The van der Waals surface area contributed by atoms with Gasteiger partial charge in [0.1, 0.15) is 6.61 Å². The Labute approximate surface area is 389 Å². The van der Waals surface area contributed by atoms with Gasteiger partial charge in [0.25, 0.3) is 0 Å². The highest BCUT2D eigenvalue weighted by Gasteiger charge is 2.31. The lowest BCUT2D eigenvalue weighted by Crippen LogP contribution is -2.50. The zero-order valence-electron chi connectivity index (χ0n) is 42.0. The van der Waals surface area contributed by atoms with E-state index in [1.54, 1.807) is 0 Å². The van der Waals surface area contributed by atoms with Crippen LogP contribution in [0, 0.1) is 0 Å². The van der Waals surface area contributed by atoms with E-state index in [1.807, 2.05) is 21.1 Å². The van der Waals surface area contributed by atoms with Gasteiger partial charge in [-0.05, 0) is 64.2 Å². The second-order valence-electron chi connectivity index (χ2n) is 19.2. The molecule has 0 radical (unpaired) electrons. The van der Waals surface area contributed by atoms with E-state index in [-0.39, 0.29) is 36.2 Å². The summed E-state index contributed by atoms with van der Waals surface area (Å²) >= 11 is 0. The van der Waals surface area contributed by atoms with Gasteiger partial charge in [-0.2, -0.15) is 0 Å². The first kappa shape index (κ1) is 60.5. The molecule has 0 fully saturated rings. The van der Waals surface area contributed by atoms with E-state index in [0.29, 0.717) is 19.3 Å². The van der Waals surface area contributed by atoms with E-state index >= 15 is 0 Å². The highest BCUT2D eigenvalue weighted by molar-refractivity contribution is 5.72. The minimum atomic E-state index is -0.876. The number of allylic oxidation sites excluding steroid dienone is 6. The fraction of sp³-hybridized carbons (Fsp3) is 0.836. The first-order chi connectivity index (χ1) is 30.6. The van der Waals surface area contributed by atoms with E-state index in [0.717, 1.165) is 57.8 Å². The third kappa shape index (κ3) is 44.5. The Morgan fingerprint density at radius 1 is 0.476 bits per heavy atom. The number of quaternary nitrogens is 1. The molecule has 2 unspecified atom stereocenters. The minimum Gasteiger partial charge on any atom is -0.477 e. The average Bonchev–Trinajstić information content (AvgIpc) is 3.24. The van der Waals surface area contributed by atoms with Gasteiger partial charge in [0.05, 0.1) is 34.4 Å². The number of unbranched alkanes of at least 4 members (excludes halogenated alkanes) is 29. The Morgan fingerprint density at radius 2 is 0.841 bits per heavy atom. The van der Waals surface area contributed by atoms with Crippen LogP contribution >= 0.6 is 0 Å². The molecule has 0 saturated heterocycles. The average molecular weight is 889 g/mol. The van der Waals surface area contributed by atoms with Crippen LogP contribution in [0.5, 0.6) is 0 Å². The second kappa shape index (κ2) is 46.1. The molecule has 2 atom stereocenters. The minimum absolute atomic E-state index is 0.0560. The lowest BCUT2D eigenvalue weighted by atomic mass is 10.1. The third-order valence-electron chi connectivity index (χ3n) is 12.0. The van der Waals surface area contributed by atoms with Crippen LogP contribution in [-0.2, 0) is 28.6 Å². The van der Waals surface area contributed by atoms with Gasteiger partial charge in [-0.15, -0.1) is 0 Å². The van der Waals surface area contributed by atoms with Crippen molar-refractivity contribution >= 4 is 17.9 Å². The van der Waals surface area contributed by atoms with Gasteiger partial charge in [-0.3, -0.25) is 9.59 Å². The molecule has 0 spiro atoms. The maximum absolute atomic E-state index is 12.8. The van der Waals surface area contributed by atoms with Crippen LogP contribution in [0.1, 0.15) is 245 Å². The van der Waals surface area contributed by atoms with E-state index in [1.165, 1.54) is 154 Å². The number of hydrogen-bond acceptors (Lipinski definition) is 6. The van der Waals surface area contributed by atoms with Gasteiger partial charge >= 0.3 is 17.9 Å². The summed E-state index contributed by atoms with van der Waals surface area (Å²) in [7, 11) is 5.53. The molecule has 0 aromatic rings. The number of rotatable bonds is 48. The van der Waals surface area contributed by atoms with Crippen molar-refractivity contribution in [2.45, 2.75) is 257 Å². The van der Waals surface area contributed by atoms with Crippen molar-refractivity contribution in [2.75, 3.05) is 41.0 Å². The number of nitrogens with zero attached hydrogens (tertiary/aromatic N) is 1. The Balaban J connectivity index is 4.25. The highest BCUT2D eigenvalue weighted by Crippen LogP contribution is 2.15. The molecule has 0 aromatic carbocycles. The van der Waals surface area contributed by atoms with E-state index in [2.05, 4.69) is 50.3 Å². The van der Waals surface area contributed by atoms with Crippen LogP contribution in [0.4, 0.5) is 0 Å². The Bertz CT molecular complexity index is 1130. The predicted molar refractivity (Wildman–Crippen MR) is 266 cm³/mol. The molecule has 0 aliphatic carbocycles. The molecule has 0 rings (SSSR count). The molecule has 0 bridgehead atoms. The number of aliphatic carboxylic acids is 1. The summed E-state index contributed by atoms with van der Waals surface area (Å²) in [5, 5.41) is 9.66. The number of carbonyl (C=O) groups excluding carboxylic acids is 2. The molecule has 8 heteroatoms. The SMILES string of the molecule is CCCCCCCCC/C=C/C=C/CCCCCCCC(=O)OCC(COCCC(C(=O)O)[N+](C)(C)C)OC(=O)CCCCCCCCC/C=C/CCCCCCCCCCCC. The zero-order valence-corrected chi connectivity index (χ0v) is 42.0. The van der Waals surface area contributed by atoms with Crippen LogP contribution in [0.15, 0.2) is 36.5 Å². The lowest BCUT2D eigenvalue weighted by molar-refractivity contribution is -0.887. The van der Waals surface area contributed by atoms with Crippen molar-refractivity contribution in [2.24, 2.45) is 0 Å². The molecular formula is C55H102NO7+. The number of ether oxygens (including phenoxy) is 3. The fourth-order valence-corrected chi connectivity index (χ4v) is 7.90. The quantitative estimate of drug-likeness (QED) is 0.0214. The van der Waals surface area contributed by atoms with Crippen molar-refractivity contribution in [3.05, 3.63) is 36.5 Å². The zero-order chi connectivity index (χ0) is 46.3. The van der Waals surface area contributed by atoms with Crippen LogP contribution in [0.2, 0.25) is 0 Å². The van der Waals surface area contributed by atoms with Crippen LogP contribution in [0.3, 0.4) is 0 Å². The number of carboxylic acids is 1. The smallest absolute Gasteiger partial charge is 0.362 e. The molecule has 0 amide bonds. The van der Waals surface area contributed by atoms with Gasteiger partial charge in [0, 0.05) is 19.3 Å². The van der Waals surface area contributed by atoms with Crippen LogP contribution in [0.25, 0.3) is 0 Å². The van der Waals surface area contributed by atoms with Gasteiger partial charge in [0.2, 0.25) is 0 Å². The normalized spacial score (nSPS) is 13.1. The van der Waals surface area contributed by atoms with E-state index in [4.69, 9.17) is 14.2 Å². The molecule has 0 aromatic heterocycles. The summed E-state index contributed by atoms with van der Waals surface area (Å²) in [6.07, 6.45) is 54.8. The predicted octanol–water partition coefficient (Wildman–Crippen LogP) is 15.4. The number of carboxylic acid groups (broad SMARTS) is 1. The molecule has 0 saturated carbocycles. The maximum atomic E-state index is 12.8. The van der Waals surface area contributed by atoms with Gasteiger partial charge in [-0.25, -0.2) is 4.79 Å². The molecule has 368 valence electrons.